The van der Waals surface area contributed by atoms with Gasteiger partial charge in [-0.3, -0.25) is 58.6 Å². The van der Waals surface area contributed by atoms with E-state index in [1.807, 2.05) is 24.3 Å². The number of para-hydroxylation sites is 1. The molecular formula is C60H79N17O11. The zero-order chi connectivity index (χ0) is 63.9. The van der Waals surface area contributed by atoms with Gasteiger partial charge in [-0.15, -0.1) is 0 Å². The van der Waals surface area contributed by atoms with Crippen molar-refractivity contribution in [3.05, 3.63) is 132 Å². The summed E-state index contributed by atoms with van der Waals surface area (Å²) in [4.78, 5) is 150. The van der Waals surface area contributed by atoms with E-state index in [2.05, 4.69) is 63.0 Å². The number of amides is 11. The first-order valence-electron chi connectivity index (χ1n) is 28.8. The molecule has 88 heavy (non-hydrogen) atoms. The number of nitrogens with one attached hydrogen (secondary N) is 10. The molecule has 1 saturated heterocycles. The van der Waals surface area contributed by atoms with E-state index in [1.54, 1.807) is 74.6 Å². The molecular weight excluding hydrogens is 1130 g/mol. The van der Waals surface area contributed by atoms with Crippen molar-refractivity contribution in [2.75, 3.05) is 20.1 Å². The van der Waals surface area contributed by atoms with Gasteiger partial charge in [-0.05, 0) is 97.0 Å². The number of nitrogens with two attached hydrogens (primary N) is 4. The molecule has 2 aromatic heterocycles. The second-order valence-electron chi connectivity index (χ2n) is 21.8. The fourth-order valence-electron chi connectivity index (χ4n) is 9.99. The normalized spacial score (nSPS) is 15.4. The Hall–Kier alpha value is -10.1. The van der Waals surface area contributed by atoms with Gasteiger partial charge in [-0.25, -0.2) is 10.2 Å². The number of urea groups is 1. The molecule has 11 amide bonds. The SMILES string of the molecule is CN=C(N)NCCC[C@H](NC(=O)[C@H](CC(C)C)NC(=O)NNC(=O)[C@H](Cc1ccccc1)NC(=O)[C@@H]1CCCN1C(=O)[C@H](CC(N)=O)NC(=O)[C@@H](Cc1ccncc1)NC(=O)[C@H](N)Cc1ccc(O)cc1)C(=O)N[C@@H](Cc1c[nH]c2ccccc12)C(N)=O. The second-order valence-corrected chi connectivity index (χ2v) is 21.8. The Labute approximate surface area is 508 Å². The van der Waals surface area contributed by atoms with E-state index in [-0.39, 0.29) is 82.1 Å². The number of hydrogen-bond acceptors (Lipinski definition) is 14. The molecule has 0 unspecified atom stereocenters. The molecule has 0 bridgehead atoms. The average Bonchev–Trinajstić information content (AvgIpc) is 3.83. The molecule has 0 saturated carbocycles. The third kappa shape index (κ3) is 20.6. The van der Waals surface area contributed by atoms with Gasteiger partial charge in [0, 0.05) is 68.9 Å². The summed E-state index contributed by atoms with van der Waals surface area (Å²) in [6.07, 6.45) is 4.67. The topological polar surface area (TPSA) is 448 Å². The van der Waals surface area contributed by atoms with Crippen molar-refractivity contribution in [1.29, 1.82) is 0 Å². The first-order valence-corrected chi connectivity index (χ1v) is 28.8. The average molecular weight is 1210 g/mol. The standard InChI is InChI=1S/C60H79N17O11/c1-34(2)27-45(54(83)69-43(15-9-23-67-59(64)65-3)53(82)70-44(51(63)80)31-38-33-68-42-14-8-7-13-40(38)42)74-60(88)76-75-56(85)47(29-35-11-5-4-6-12-35)72-57(86)49-16-10-26-77(49)58(87)48(32-50(62)79)73-55(84)46(30-37-21-24-66-25-22-37)71-52(81)41(61)28-36-17-19-39(78)20-18-36/h4-8,11-14,17-22,24-25,33-34,41,43-49,68,78H,9-10,15-16,23,26-32,61H2,1-3H3,(H2,62,79)(H2,63,80)(H,69,83)(H,70,82)(H,71,81)(H,72,86)(H,73,84)(H,75,85)(H3,64,65,67)(H2,74,76,88)/t41-,43+,44+,45+,46-,47+,48+,49+/m1/s1. The van der Waals surface area contributed by atoms with E-state index in [4.69, 9.17) is 22.9 Å². The number of likely N-dealkylation sites (tertiary alicyclic amines) is 1. The highest BCUT2D eigenvalue weighted by atomic mass is 16.3. The van der Waals surface area contributed by atoms with Crippen LogP contribution in [0, 0.1) is 5.92 Å². The minimum absolute atomic E-state index is 0.000533. The molecule has 5 aromatic rings. The lowest BCUT2D eigenvalue weighted by molar-refractivity contribution is -0.143. The Balaban J connectivity index is 1.12. The van der Waals surface area contributed by atoms with Gasteiger partial charge in [0.25, 0.3) is 5.91 Å². The van der Waals surface area contributed by atoms with Crippen LogP contribution in [-0.2, 0) is 68.8 Å². The number of aromatic hydroxyl groups is 1. The van der Waals surface area contributed by atoms with Crippen LogP contribution in [-0.4, -0.2) is 154 Å². The molecule has 28 heteroatoms. The number of aromatic amines is 1. The van der Waals surface area contributed by atoms with Crippen molar-refractivity contribution >= 4 is 76.1 Å². The number of hydrogen-bond donors (Lipinski definition) is 15. The highest BCUT2D eigenvalue weighted by Gasteiger charge is 2.41. The Morgan fingerprint density at radius 3 is 1.93 bits per heavy atom. The number of hydrazine groups is 1. The first-order chi connectivity index (χ1) is 42.1. The van der Waals surface area contributed by atoms with E-state index in [1.165, 1.54) is 36.5 Å². The molecule has 8 atom stereocenters. The largest absolute Gasteiger partial charge is 0.508 e. The molecule has 0 spiro atoms. The zero-order valence-electron chi connectivity index (χ0n) is 49.3. The molecule has 19 N–H and O–H groups in total. The van der Waals surface area contributed by atoms with Crippen LogP contribution in [0.25, 0.3) is 10.9 Å². The summed E-state index contributed by atoms with van der Waals surface area (Å²) in [6, 6.07) is 13.8. The smallest absolute Gasteiger partial charge is 0.334 e. The van der Waals surface area contributed by atoms with E-state index in [0.29, 0.717) is 23.1 Å². The molecule has 1 aliphatic heterocycles. The monoisotopic (exact) mass is 1210 g/mol. The zero-order valence-corrected chi connectivity index (χ0v) is 49.3. The maximum Gasteiger partial charge on any atom is 0.334 e. The molecule has 3 aromatic carbocycles. The molecule has 0 radical (unpaired) electrons. The van der Waals surface area contributed by atoms with E-state index in [9.17, 15) is 53.1 Å². The number of rotatable bonds is 30. The highest BCUT2D eigenvalue weighted by Crippen LogP contribution is 2.22. The quantitative estimate of drug-likeness (QED) is 0.0110. The maximum absolute atomic E-state index is 14.5. The number of carbonyl (C=O) groups excluding carboxylic acids is 10. The fraction of sp³-hybridized carbons (Fsp3) is 0.400. The number of H-pyrrole nitrogens is 1. The Morgan fingerprint density at radius 1 is 0.659 bits per heavy atom. The minimum Gasteiger partial charge on any atom is -0.508 e. The van der Waals surface area contributed by atoms with Crippen LogP contribution in [0.1, 0.15) is 74.6 Å². The molecule has 28 nitrogen and oxygen atoms in total. The van der Waals surface area contributed by atoms with E-state index < -0.39 is 114 Å². The van der Waals surface area contributed by atoms with Gasteiger partial charge in [-0.2, -0.15) is 0 Å². The van der Waals surface area contributed by atoms with Crippen LogP contribution in [0.5, 0.6) is 5.75 Å². The van der Waals surface area contributed by atoms with Gasteiger partial charge < -0.3 is 75.1 Å². The lowest BCUT2D eigenvalue weighted by Gasteiger charge is -2.30. The number of carbonyl (C=O) groups is 10. The predicted octanol–water partition coefficient (Wildman–Crippen LogP) is -1.30. The number of aliphatic imine (C=N–C) groups is 1. The van der Waals surface area contributed by atoms with Gasteiger partial charge in [0.2, 0.25) is 47.3 Å². The van der Waals surface area contributed by atoms with Crippen molar-refractivity contribution in [2.24, 2.45) is 33.8 Å². The third-order valence-corrected chi connectivity index (χ3v) is 14.6. The Kier molecular flexibility index (Phi) is 25.1. The van der Waals surface area contributed by atoms with E-state index in [0.717, 1.165) is 16.5 Å². The van der Waals surface area contributed by atoms with Crippen LogP contribution in [0.15, 0.2) is 115 Å². The van der Waals surface area contributed by atoms with Crippen molar-refractivity contribution in [3.63, 3.8) is 0 Å². The summed E-state index contributed by atoms with van der Waals surface area (Å²) >= 11 is 0. The maximum atomic E-state index is 14.5. The summed E-state index contributed by atoms with van der Waals surface area (Å²) in [7, 11) is 1.49. The molecule has 470 valence electrons. The summed E-state index contributed by atoms with van der Waals surface area (Å²) in [6.45, 7) is 3.85. The van der Waals surface area contributed by atoms with Crippen LogP contribution >= 0.6 is 0 Å². The van der Waals surface area contributed by atoms with Crippen molar-refractivity contribution in [3.8, 4) is 5.75 Å². The number of nitrogens with zero attached hydrogens (tertiary/aromatic N) is 3. The summed E-state index contributed by atoms with van der Waals surface area (Å²) in [5.74, 6) is -7.44. The van der Waals surface area contributed by atoms with Crippen LogP contribution < -0.4 is 71.0 Å². The third-order valence-electron chi connectivity index (χ3n) is 14.6. The molecule has 1 fully saturated rings. The molecule has 0 aliphatic carbocycles. The highest BCUT2D eigenvalue weighted by molar-refractivity contribution is 5.99. The number of phenolic OH excluding ortho intramolecular Hbond substituents is 1. The number of benzene rings is 3. The number of fused-ring (bicyclic) bond motifs is 1. The fourth-order valence-corrected chi connectivity index (χ4v) is 9.99. The second kappa shape index (κ2) is 33.0. The Bertz CT molecular complexity index is 3260. The van der Waals surface area contributed by atoms with Crippen LogP contribution in [0.3, 0.4) is 0 Å². The van der Waals surface area contributed by atoms with Crippen LogP contribution in [0.4, 0.5) is 4.79 Å². The lowest BCUT2D eigenvalue weighted by Crippen LogP contribution is -2.61. The van der Waals surface area contributed by atoms with Gasteiger partial charge in [0.15, 0.2) is 5.96 Å². The van der Waals surface area contributed by atoms with E-state index >= 15 is 0 Å². The molecule has 6 rings (SSSR count). The van der Waals surface area contributed by atoms with Crippen molar-refractivity contribution < 1.29 is 53.1 Å². The number of guanidine groups is 1. The number of aromatic nitrogens is 2. The number of primary amides is 2. The summed E-state index contributed by atoms with van der Waals surface area (Å²) < 4.78 is 0. The summed E-state index contributed by atoms with van der Waals surface area (Å²) in [5.41, 5.74) is 31.4. The minimum atomic E-state index is -1.62. The number of pyridine rings is 1. The van der Waals surface area contributed by atoms with Gasteiger partial charge >= 0.3 is 6.03 Å². The predicted molar refractivity (Wildman–Crippen MR) is 325 cm³/mol. The molecule has 3 heterocycles. The van der Waals surface area contributed by atoms with Crippen molar-refractivity contribution in [2.45, 2.75) is 126 Å². The van der Waals surface area contributed by atoms with Gasteiger partial charge in [-0.1, -0.05) is 74.5 Å². The lowest BCUT2D eigenvalue weighted by atomic mass is 10.0. The Morgan fingerprint density at radius 2 is 1.26 bits per heavy atom. The molecule has 1 aliphatic rings. The van der Waals surface area contributed by atoms with Crippen molar-refractivity contribution in [1.82, 2.24) is 62.9 Å². The summed E-state index contributed by atoms with van der Waals surface area (Å²) in [5, 5.41) is 29.3. The van der Waals surface area contributed by atoms with Gasteiger partial charge in [0.05, 0.1) is 12.5 Å². The first kappa shape index (κ1) is 67.0. The van der Waals surface area contributed by atoms with Crippen LogP contribution in [0.2, 0.25) is 0 Å². The van der Waals surface area contributed by atoms with Gasteiger partial charge in [0.1, 0.15) is 48.0 Å². The number of phenols is 1.